The zero-order valence-electron chi connectivity index (χ0n) is 23.0. The molecule has 3 atom stereocenters. The molecule has 0 bridgehead atoms. The molecular formula is C33H36N2O4. The highest BCUT2D eigenvalue weighted by Gasteiger charge is 2.44. The van der Waals surface area contributed by atoms with Gasteiger partial charge in [-0.3, -0.25) is 4.90 Å². The van der Waals surface area contributed by atoms with E-state index in [1.807, 2.05) is 24.3 Å². The summed E-state index contributed by atoms with van der Waals surface area (Å²) < 4.78 is 12.1. The maximum Gasteiger partial charge on any atom is 0.373 e. The molecule has 0 amide bonds. The maximum atomic E-state index is 8.12. The first-order chi connectivity index (χ1) is 19.0. The van der Waals surface area contributed by atoms with Crippen molar-refractivity contribution in [1.29, 1.82) is 0 Å². The number of carbonyl (C=O) groups excluding carboxylic acids is 2. The number of hydrogen-bond acceptors (Lipinski definition) is 6. The lowest BCUT2D eigenvalue weighted by atomic mass is 9.90. The molecule has 0 radical (unpaired) electrons. The molecule has 2 fully saturated rings. The van der Waals surface area contributed by atoms with E-state index in [9.17, 15) is 0 Å². The van der Waals surface area contributed by atoms with Crippen LogP contribution in [0.3, 0.4) is 0 Å². The smallest absolute Gasteiger partial charge is 0.373 e. The van der Waals surface area contributed by atoms with Crippen molar-refractivity contribution in [2.75, 3.05) is 13.2 Å². The van der Waals surface area contributed by atoms with Gasteiger partial charge < -0.3 is 9.15 Å². The van der Waals surface area contributed by atoms with Crippen molar-refractivity contribution >= 4 is 17.3 Å². The van der Waals surface area contributed by atoms with E-state index in [2.05, 4.69) is 62.1 Å². The average Bonchev–Trinajstić information content (AvgIpc) is 3.64. The number of para-hydroxylation sites is 2. The second-order valence-electron chi connectivity index (χ2n) is 10.7. The molecule has 2 heterocycles. The van der Waals surface area contributed by atoms with E-state index < -0.39 is 0 Å². The molecule has 0 spiro atoms. The predicted octanol–water partition coefficient (Wildman–Crippen LogP) is 6.77. The summed E-state index contributed by atoms with van der Waals surface area (Å²) in [5, 5.41) is 0. The third-order valence-corrected chi connectivity index (χ3v) is 8.48. The van der Waals surface area contributed by atoms with Crippen molar-refractivity contribution in [1.82, 2.24) is 9.88 Å². The van der Waals surface area contributed by atoms with Gasteiger partial charge in [0, 0.05) is 24.6 Å². The molecule has 2 aliphatic rings. The van der Waals surface area contributed by atoms with Crippen LogP contribution >= 0.6 is 0 Å². The Kier molecular flexibility index (Phi) is 8.25. The molecule has 1 aromatic heterocycles. The van der Waals surface area contributed by atoms with Gasteiger partial charge in [0.05, 0.1) is 6.61 Å². The van der Waals surface area contributed by atoms with E-state index >= 15 is 0 Å². The van der Waals surface area contributed by atoms with Gasteiger partial charge in [0.25, 0.3) is 0 Å². The first-order valence-corrected chi connectivity index (χ1v) is 13.9. The largest absolute Gasteiger partial charge is 0.493 e. The number of aryl methyl sites for hydroxylation is 1. The molecule has 1 aliphatic carbocycles. The minimum atomic E-state index is 0.250. The molecule has 202 valence electrons. The van der Waals surface area contributed by atoms with Gasteiger partial charge in [0.15, 0.2) is 11.5 Å². The molecule has 39 heavy (non-hydrogen) atoms. The van der Waals surface area contributed by atoms with Gasteiger partial charge in [-0.2, -0.15) is 9.59 Å². The summed E-state index contributed by atoms with van der Waals surface area (Å²) in [6.45, 7) is 9.32. The lowest BCUT2D eigenvalue weighted by Crippen LogP contribution is -2.30. The van der Waals surface area contributed by atoms with Crippen molar-refractivity contribution in [3.63, 3.8) is 0 Å². The molecule has 1 saturated heterocycles. The van der Waals surface area contributed by atoms with Crippen LogP contribution in [0.15, 0.2) is 65.1 Å². The number of rotatable bonds is 7. The van der Waals surface area contributed by atoms with E-state index in [0.717, 1.165) is 41.6 Å². The standard InChI is InChI=1S/C32H36N2O2.CO2/c1-4-35-30-16-14-25(22(3)32(30)23-11-9-21(2)10-12-23)20-34-18-17-26-24(13-15-28(26)34)19-31-33-27-7-5-6-8-29(27)36-31;2-1-3/h5-12,14,16,24,26,28H,4,13,15,17-20H2,1-3H3;. The molecular weight excluding hydrogens is 488 g/mol. The van der Waals surface area contributed by atoms with E-state index in [-0.39, 0.29) is 6.15 Å². The van der Waals surface area contributed by atoms with Crippen molar-refractivity contribution in [3.8, 4) is 16.9 Å². The van der Waals surface area contributed by atoms with Crippen LogP contribution in [0.4, 0.5) is 0 Å². The van der Waals surface area contributed by atoms with Gasteiger partial charge in [-0.1, -0.05) is 48.0 Å². The molecule has 1 saturated carbocycles. The fourth-order valence-electron chi connectivity index (χ4n) is 6.65. The summed E-state index contributed by atoms with van der Waals surface area (Å²) in [4.78, 5) is 23.7. The lowest BCUT2D eigenvalue weighted by Gasteiger charge is -2.26. The molecule has 6 nitrogen and oxygen atoms in total. The van der Waals surface area contributed by atoms with Crippen LogP contribution in [0.25, 0.3) is 22.2 Å². The molecule has 1 aliphatic heterocycles. The maximum absolute atomic E-state index is 8.12. The van der Waals surface area contributed by atoms with Gasteiger partial charge >= 0.3 is 6.15 Å². The third kappa shape index (κ3) is 5.68. The SMILES string of the molecule is CCOc1ccc(CN2CCC3C(Cc4nc5ccccc5o4)CCC32)c(C)c1-c1ccc(C)cc1.O=C=O. The van der Waals surface area contributed by atoms with Crippen LogP contribution in [-0.2, 0) is 22.6 Å². The summed E-state index contributed by atoms with van der Waals surface area (Å²) >= 11 is 0. The number of benzene rings is 3. The zero-order valence-corrected chi connectivity index (χ0v) is 23.0. The Morgan fingerprint density at radius 3 is 2.51 bits per heavy atom. The van der Waals surface area contributed by atoms with Crippen LogP contribution in [0.2, 0.25) is 0 Å². The van der Waals surface area contributed by atoms with Crippen LogP contribution < -0.4 is 4.74 Å². The molecule has 0 N–H and O–H groups in total. The van der Waals surface area contributed by atoms with Gasteiger partial charge in [0.1, 0.15) is 11.3 Å². The summed E-state index contributed by atoms with van der Waals surface area (Å²) in [5.41, 5.74) is 8.40. The molecule has 6 heteroatoms. The van der Waals surface area contributed by atoms with Gasteiger partial charge in [-0.15, -0.1) is 0 Å². The summed E-state index contributed by atoms with van der Waals surface area (Å²) in [6.07, 6.45) is 5.03. The fraction of sp³-hybridized carbons (Fsp3) is 0.394. The Bertz CT molecular complexity index is 1420. The number of fused-ring (bicyclic) bond motifs is 2. The topological polar surface area (TPSA) is 72.6 Å². The number of nitrogens with zero attached hydrogens (tertiary/aromatic N) is 2. The molecule has 3 unspecified atom stereocenters. The molecule has 6 rings (SSSR count). The third-order valence-electron chi connectivity index (χ3n) is 8.48. The Hall–Kier alpha value is -3.73. The van der Waals surface area contributed by atoms with E-state index in [4.69, 9.17) is 23.7 Å². The second kappa shape index (κ2) is 12.0. The molecule has 3 aromatic carbocycles. The first-order valence-electron chi connectivity index (χ1n) is 13.9. The number of likely N-dealkylation sites (tertiary alicyclic amines) is 1. The monoisotopic (exact) mass is 524 g/mol. The highest BCUT2D eigenvalue weighted by atomic mass is 16.5. The Morgan fingerprint density at radius 2 is 1.77 bits per heavy atom. The second-order valence-corrected chi connectivity index (χ2v) is 10.7. The van der Waals surface area contributed by atoms with Gasteiger partial charge in [-0.25, -0.2) is 4.98 Å². The van der Waals surface area contributed by atoms with E-state index in [1.165, 1.54) is 53.6 Å². The quantitative estimate of drug-likeness (QED) is 0.266. The summed E-state index contributed by atoms with van der Waals surface area (Å²) in [5.74, 6) is 3.30. The lowest BCUT2D eigenvalue weighted by molar-refractivity contribution is -0.191. The first kappa shape index (κ1) is 26.9. The van der Waals surface area contributed by atoms with Crippen LogP contribution in [0.1, 0.15) is 48.8 Å². The van der Waals surface area contributed by atoms with Crippen LogP contribution in [0, 0.1) is 25.7 Å². The van der Waals surface area contributed by atoms with Crippen LogP contribution in [-0.4, -0.2) is 35.2 Å². The highest BCUT2D eigenvalue weighted by Crippen LogP contribution is 2.45. The Morgan fingerprint density at radius 1 is 1.00 bits per heavy atom. The summed E-state index contributed by atoms with van der Waals surface area (Å²) in [6, 6.07) is 22.1. The number of hydrogen-bond donors (Lipinski definition) is 0. The minimum absolute atomic E-state index is 0.250. The van der Waals surface area contributed by atoms with Crippen LogP contribution in [0.5, 0.6) is 5.75 Å². The highest BCUT2D eigenvalue weighted by molar-refractivity contribution is 5.75. The van der Waals surface area contributed by atoms with Crippen molar-refractivity contribution in [2.45, 2.75) is 59.0 Å². The normalized spacial score (nSPS) is 20.3. The van der Waals surface area contributed by atoms with Crippen molar-refractivity contribution < 1.29 is 18.7 Å². The van der Waals surface area contributed by atoms with Crippen molar-refractivity contribution in [3.05, 3.63) is 83.2 Å². The minimum Gasteiger partial charge on any atom is -0.493 e. The Labute approximate surface area is 230 Å². The Balaban J connectivity index is 0.000000983. The number of oxazole rings is 1. The van der Waals surface area contributed by atoms with Crippen molar-refractivity contribution in [2.24, 2.45) is 11.8 Å². The fourth-order valence-corrected chi connectivity index (χ4v) is 6.65. The van der Waals surface area contributed by atoms with E-state index in [1.54, 1.807) is 0 Å². The number of ether oxygens (including phenoxy) is 1. The van der Waals surface area contributed by atoms with Gasteiger partial charge in [-0.05, 0) is 93.3 Å². The number of aromatic nitrogens is 1. The summed E-state index contributed by atoms with van der Waals surface area (Å²) in [7, 11) is 0. The van der Waals surface area contributed by atoms with Gasteiger partial charge in [0.2, 0.25) is 0 Å². The average molecular weight is 525 g/mol. The predicted molar refractivity (Wildman–Crippen MR) is 150 cm³/mol. The zero-order chi connectivity index (χ0) is 27.4. The van der Waals surface area contributed by atoms with E-state index in [0.29, 0.717) is 18.6 Å². The molecule has 4 aromatic rings.